The van der Waals surface area contributed by atoms with Gasteiger partial charge in [0.15, 0.2) is 4.34 Å². The standard InChI is InChI=1S/C23H22ClN5O4S2/c1-33-18-5-3-2-4-17(18)25-19(30)10-11-34-23-28-27-22(35-23)26-21(32)14-12-20(31)29(13-14)16-8-6-15(24)7-9-16/h2-9,14H,10-13H2,1H3,(H,25,30)(H,26,27,32). The minimum Gasteiger partial charge on any atom is -0.495 e. The Hall–Kier alpha value is -3.15. The molecule has 0 radical (unpaired) electrons. The second-order valence-electron chi connectivity index (χ2n) is 7.59. The summed E-state index contributed by atoms with van der Waals surface area (Å²) < 4.78 is 5.87. The van der Waals surface area contributed by atoms with Crippen LogP contribution in [0.5, 0.6) is 5.75 Å². The molecule has 0 spiro atoms. The first-order valence-corrected chi connectivity index (χ1v) is 12.9. The Kier molecular flexibility index (Phi) is 8.21. The van der Waals surface area contributed by atoms with Gasteiger partial charge in [0.25, 0.3) is 0 Å². The topological polar surface area (TPSA) is 114 Å². The number of ether oxygens (including phenoxy) is 1. The first-order valence-electron chi connectivity index (χ1n) is 10.7. The van der Waals surface area contributed by atoms with Gasteiger partial charge in [0.1, 0.15) is 5.75 Å². The monoisotopic (exact) mass is 531 g/mol. The Labute approximate surface area is 215 Å². The van der Waals surface area contributed by atoms with Crippen molar-refractivity contribution in [2.75, 3.05) is 34.9 Å². The first-order chi connectivity index (χ1) is 16.9. The van der Waals surface area contributed by atoms with Crippen molar-refractivity contribution in [3.05, 3.63) is 53.6 Å². The molecule has 2 aromatic carbocycles. The van der Waals surface area contributed by atoms with Crippen LogP contribution in [0, 0.1) is 5.92 Å². The van der Waals surface area contributed by atoms with Crippen LogP contribution >= 0.6 is 34.7 Å². The second-order valence-corrected chi connectivity index (χ2v) is 10.3. The summed E-state index contributed by atoms with van der Waals surface area (Å²) in [6.45, 7) is 0.286. The first kappa shape index (κ1) is 25.0. The number of anilines is 3. The molecule has 1 saturated heterocycles. The van der Waals surface area contributed by atoms with E-state index in [1.807, 2.05) is 12.1 Å². The maximum Gasteiger partial charge on any atom is 0.231 e. The lowest BCUT2D eigenvalue weighted by Crippen LogP contribution is -2.28. The van der Waals surface area contributed by atoms with Gasteiger partial charge in [0, 0.05) is 35.8 Å². The van der Waals surface area contributed by atoms with Gasteiger partial charge >= 0.3 is 0 Å². The number of methoxy groups -OCH3 is 1. The van der Waals surface area contributed by atoms with E-state index in [0.717, 1.165) is 0 Å². The Morgan fingerprint density at radius 3 is 2.71 bits per heavy atom. The van der Waals surface area contributed by atoms with E-state index in [1.54, 1.807) is 48.4 Å². The van der Waals surface area contributed by atoms with Gasteiger partial charge in [-0.2, -0.15) is 0 Å². The lowest BCUT2D eigenvalue weighted by atomic mass is 10.1. The lowest BCUT2D eigenvalue weighted by molar-refractivity contribution is -0.122. The molecular formula is C23H22ClN5O4S2. The molecule has 182 valence electrons. The van der Waals surface area contributed by atoms with Crippen molar-refractivity contribution in [2.24, 2.45) is 5.92 Å². The summed E-state index contributed by atoms with van der Waals surface area (Å²) in [5.74, 6) is 0.0638. The maximum absolute atomic E-state index is 12.7. The third-order valence-electron chi connectivity index (χ3n) is 5.21. The number of aromatic nitrogens is 2. The fourth-order valence-corrected chi connectivity index (χ4v) is 5.36. The molecule has 3 aromatic rings. The largest absolute Gasteiger partial charge is 0.495 e. The number of hydrogen-bond donors (Lipinski definition) is 2. The molecule has 0 saturated carbocycles. The summed E-state index contributed by atoms with van der Waals surface area (Å²) in [7, 11) is 1.55. The number of hydrogen-bond acceptors (Lipinski definition) is 8. The number of nitrogens with zero attached hydrogens (tertiary/aromatic N) is 3. The van der Waals surface area contributed by atoms with Gasteiger partial charge in [-0.05, 0) is 36.4 Å². The fraction of sp³-hybridized carbons (Fsp3) is 0.261. The van der Waals surface area contributed by atoms with E-state index in [-0.39, 0.29) is 37.1 Å². The van der Waals surface area contributed by atoms with E-state index >= 15 is 0 Å². The average molecular weight is 532 g/mol. The number of carbonyl (C=O) groups excluding carboxylic acids is 3. The number of amides is 3. The SMILES string of the molecule is COc1ccccc1NC(=O)CCSc1nnc(NC(=O)C2CC(=O)N(c3ccc(Cl)cc3)C2)s1. The highest BCUT2D eigenvalue weighted by atomic mass is 35.5. The van der Waals surface area contributed by atoms with Crippen molar-refractivity contribution < 1.29 is 19.1 Å². The summed E-state index contributed by atoms with van der Waals surface area (Å²) in [6, 6.07) is 14.1. The predicted molar refractivity (Wildman–Crippen MR) is 137 cm³/mol. The number of halogens is 1. The van der Waals surface area contributed by atoms with E-state index in [0.29, 0.717) is 37.4 Å². The maximum atomic E-state index is 12.7. The molecule has 35 heavy (non-hydrogen) atoms. The summed E-state index contributed by atoms with van der Waals surface area (Å²) in [4.78, 5) is 38.9. The highest BCUT2D eigenvalue weighted by molar-refractivity contribution is 8.01. The molecule has 12 heteroatoms. The van der Waals surface area contributed by atoms with Crippen molar-refractivity contribution >= 4 is 68.9 Å². The van der Waals surface area contributed by atoms with Crippen LogP contribution in [0.3, 0.4) is 0 Å². The zero-order valence-electron chi connectivity index (χ0n) is 18.7. The van der Waals surface area contributed by atoms with E-state index in [2.05, 4.69) is 20.8 Å². The molecule has 2 N–H and O–H groups in total. The highest BCUT2D eigenvalue weighted by Crippen LogP contribution is 2.30. The predicted octanol–water partition coefficient (Wildman–Crippen LogP) is 4.31. The molecule has 1 atom stereocenters. The van der Waals surface area contributed by atoms with Crippen molar-refractivity contribution in [1.82, 2.24) is 10.2 Å². The quantitative estimate of drug-likeness (QED) is 0.312. The van der Waals surface area contributed by atoms with E-state index < -0.39 is 5.92 Å². The third kappa shape index (κ3) is 6.50. The number of benzene rings is 2. The summed E-state index contributed by atoms with van der Waals surface area (Å²) in [6.07, 6.45) is 0.394. The van der Waals surface area contributed by atoms with E-state index in [4.69, 9.17) is 16.3 Å². The minimum absolute atomic E-state index is 0.118. The van der Waals surface area contributed by atoms with E-state index in [1.165, 1.54) is 23.1 Å². The van der Waals surface area contributed by atoms with Crippen molar-refractivity contribution in [3.8, 4) is 5.75 Å². The molecule has 9 nitrogen and oxygen atoms in total. The zero-order chi connectivity index (χ0) is 24.8. The Bertz CT molecular complexity index is 1220. The number of rotatable bonds is 9. The molecular weight excluding hydrogens is 510 g/mol. The van der Waals surface area contributed by atoms with Crippen LogP contribution in [0.25, 0.3) is 0 Å². The average Bonchev–Trinajstić information content (AvgIpc) is 3.46. The van der Waals surface area contributed by atoms with Gasteiger partial charge < -0.3 is 20.3 Å². The van der Waals surface area contributed by atoms with Crippen LogP contribution in [0.4, 0.5) is 16.5 Å². The molecule has 3 amide bonds. The third-order valence-corrected chi connectivity index (χ3v) is 7.43. The smallest absolute Gasteiger partial charge is 0.231 e. The van der Waals surface area contributed by atoms with Crippen molar-refractivity contribution in [3.63, 3.8) is 0 Å². The molecule has 0 bridgehead atoms. The molecule has 1 aliphatic rings. The molecule has 1 unspecified atom stereocenters. The number of thioether (sulfide) groups is 1. The second kappa shape index (κ2) is 11.5. The fourth-order valence-electron chi connectivity index (χ4n) is 3.47. The Morgan fingerprint density at radius 1 is 1.17 bits per heavy atom. The molecule has 2 heterocycles. The van der Waals surface area contributed by atoms with Crippen LogP contribution in [0.1, 0.15) is 12.8 Å². The Morgan fingerprint density at radius 2 is 1.94 bits per heavy atom. The summed E-state index contributed by atoms with van der Waals surface area (Å²) >= 11 is 8.51. The van der Waals surface area contributed by atoms with Crippen LogP contribution < -0.4 is 20.3 Å². The molecule has 1 fully saturated rings. The molecule has 1 aliphatic heterocycles. The molecule has 1 aromatic heterocycles. The van der Waals surface area contributed by atoms with E-state index in [9.17, 15) is 14.4 Å². The molecule has 4 rings (SSSR count). The zero-order valence-corrected chi connectivity index (χ0v) is 21.1. The normalized spacial score (nSPS) is 15.2. The summed E-state index contributed by atoms with van der Waals surface area (Å²) in [5, 5.41) is 14.6. The van der Waals surface area contributed by atoms with Crippen LogP contribution in [-0.2, 0) is 14.4 Å². The van der Waals surface area contributed by atoms with Crippen molar-refractivity contribution in [2.45, 2.75) is 17.2 Å². The van der Waals surface area contributed by atoms with Gasteiger partial charge in [0.05, 0.1) is 18.7 Å². The van der Waals surface area contributed by atoms with Gasteiger partial charge in [-0.1, -0.05) is 46.8 Å². The van der Waals surface area contributed by atoms with Crippen LogP contribution in [0.2, 0.25) is 5.02 Å². The number of nitrogens with one attached hydrogen (secondary N) is 2. The van der Waals surface area contributed by atoms with Gasteiger partial charge in [-0.3, -0.25) is 14.4 Å². The van der Waals surface area contributed by atoms with Crippen molar-refractivity contribution in [1.29, 1.82) is 0 Å². The number of carbonyl (C=O) groups is 3. The Balaban J connectivity index is 1.24. The lowest BCUT2D eigenvalue weighted by Gasteiger charge is -2.16. The van der Waals surface area contributed by atoms with Gasteiger partial charge in [-0.25, -0.2) is 0 Å². The van der Waals surface area contributed by atoms with Crippen LogP contribution in [0.15, 0.2) is 52.9 Å². The minimum atomic E-state index is -0.489. The van der Waals surface area contributed by atoms with Gasteiger partial charge in [0.2, 0.25) is 22.9 Å². The van der Waals surface area contributed by atoms with Crippen LogP contribution in [-0.4, -0.2) is 47.3 Å². The molecule has 0 aliphatic carbocycles. The summed E-state index contributed by atoms with van der Waals surface area (Å²) in [5.41, 5.74) is 1.32. The number of para-hydroxylation sites is 2. The van der Waals surface area contributed by atoms with Gasteiger partial charge in [-0.15, -0.1) is 10.2 Å². The highest BCUT2D eigenvalue weighted by Gasteiger charge is 2.35.